The molecule has 0 saturated heterocycles. The SMILES string of the molecule is N#Cc1cccc2c1Cn1ccnc1-2. The van der Waals surface area contributed by atoms with Crippen LogP contribution in [-0.2, 0) is 6.54 Å². The largest absolute Gasteiger partial charge is 0.326 e. The van der Waals surface area contributed by atoms with Gasteiger partial charge in [0.05, 0.1) is 18.2 Å². The van der Waals surface area contributed by atoms with Crippen LogP contribution in [-0.4, -0.2) is 9.55 Å². The third-order valence-electron chi connectivity index (χ3n) is 2.58. The molecule has 3 heteroatoms. The molecule has 2 heterocycles. The van der Waals surface area contributed by atoms with Gasteiger partial charge in [0.1, 0.15) is 5.82 Å². The van der Waals surface area contributed by atoms with Crippen molar-refractivity contribution >= 4 is 0 Å². The minimum absolute atomic E-state index is 0.757. The lowest BCUT2D eigenvalue weighted by molar-refractivity contribution is 0.846. The van der Waals surface area contributed by atoms with Gasteiger partial charge in [0.15, 0.2) is 0 Å². The Labute approximate surface area is 81.2 Å². The lowest BCUT2D eigenvalue weighted by Crippen LogP contribution is -1.91. The van der Waals surface area contributed by atoms with E-state index in [2.05, 4.69) is 15.6 Å². The number of fused-ring (bicyclic) bond motifs is 3. The molecule has 14 heavy (non-hydrogen) atoms. The van der Waals surface area contributed by atoms with E-state index in [4.69, 9.17) is 5.26 Å². The fourth-order valence-electron chi connectivity index (χ4n) is 1.92. The Balaban J connectivity index is 2.33. The molecular formula is C11H7N3. The molecule has 0 saturated carbocycles. The molecule has 0 bridgehead atoms. The summed E-state index contributed by atoms with van der Waals surface area (Å²) in [6.45, 7) is 0.772. The van der Waals surface area contributed by atoms with Crippen LogP contribution in [0.25, 0.3) is 11.4 Å². The third-order valence-corrected chi connectivity index (χ3v) is 2.58. The smallest absolute Gasteiger partial charge is 0.140 e. The van der Waals surface area contributed by atoms with Crippen molar-refractivity contribution in [1.82, 2.24) is 9.55 Å². The van der Waals surface area contributed by atoms with E-state index in [0.717, 1.165) is 29.1 Å². The maximum absolute atomic E-state index is 8.94. The molecule has 0 spiro atoms. The first-order chi connectivity index (χ1) is 6.90. The molecule has 1 aliphatic rings. The first kappa shape index (κ1) is 7.34. The van der Waals surface area contributed by atoms with Crippen LogP contribution in [0, 0.1) is 11.3 Å². The van der Waals surface area contributed by atoms with Crippen LogP contribution in [0.5, 0.6) is 0 Å². The van der Waals surface area contributed by atoms with Crippen LogP contribution < -0.4 is 0 Å². The van der Waals surface area contributed by atoms with Crippen LogP contribution >= 0.6 is 0 Å². The minimum atomic E-state index is 0.757. The first-order valence-corrected chi connectivity index (χ1v) is 4.43. The molecule has 66 valence electrons. The third kappa shape index (κ3) is 0.775. The summed E-state index contributed by atoms with van der Waals surface area (Å²) in [5.41, 5.74) is 2.94. The average molecular weight is 181 g/mol. The summed E-state index contributed by atoms with van der Waals surface area (Å²) >= 11 is 0. The Morgan fingerprint density at radius 3 is 3.21 bits per heavy atom. The van der Waals surface area contributed by atoms with Gasteiger partial charge in [0.2, 0.25) is 0 Å². The van der Waals surface area contributed by atoms with Crippen molar-refractivity contribution < 1.29 is 0 Å². The van der Waals surface area contributed by atoms with E-state index in [0.29, 0.717) is 0 Å². The molecule has 1 aromatic carbocycles. The number of nitriles is 1. The summed E-state index contributed by atoms with van der Waals surface area (Å²) < 4.78 is 2.06. The molecule has 1 aromatic heterocycles. The van der Waals surface area contributed by atoms with Gasteiger partial charge >= 0.3 is 0 Å². The van der Waals surface area contributed by atoms with E-state index >= 15 is 0 Å². The second-order valence-corrected chi connectivity index (χ2v) is 3.32. The predicted molar refractivity (Wildman–Crippen MR) is 51.5 cm³/mol. The zero-order chi connectivity index (χ0) is 9.54. The maximum atomic E-state index is 8.94. The summed E-state index contributed by atoms with van der Waals surface area (Å²) in [4.78, 5) is 4.27. The summed E-state index contributed by atoms with van der Waals surface area (Å²) in [7, 11) is 0. The van der Waals surface area contributed by atoms with Crippen molar-refractivity contribution in [3.63, 3.8) is 0 Å². The zero-order valence-corrected chi connectivity index (χ0v) is 7.44. The lowest BCUT2D eigenvalue weighted by Gasteiger charge is -1.98. The van der Waals surface area contributed by atoms with E-state index in [-0.39, 0.29) is 0 Å². The van der Waals surface area contributed by atoms with Gasteiger partial charge in [-0.05, 0) is 6.07 Å². The Bertz CT molecular complexity index is 546. The van der Waals surface area contributed by atoms with Crippen LogP contribution in [0.4, 0.5) is 0 Å². The quantitative estimate of drug-likeness (QED) is 0.530. The number of rotatable bonds is 0. The predicted octanol–water partition coefficient (Wildman–Crippen LogP) is 1.78. The fourth-order valence-corrected chi connectivity index (χ4v) is 1.92. The number of hydrogen-bond donors (Lipinski definition) is 0. The number of benzene rings is 1. The highest BCUT2D eigenvalue weighted by atomic mass is 15.1. The molecule has 0 aliphatic carbocycles. The average Bonchev–Trinajstić information content (AvgIpc) is 2.76. The summed E-state index contributed by atoms with van der Waals surface area (Å²) in [5, 5.41) is 8.94. The lowest BCUT2D eigenvalue weighted by atomic mass is 10.0. The van der Waals surface area contributed by atoms with Gasteiger partial charge in [-0.2, -0.15) is 5.26 Å². The van der Waals surface area contributed by atoms with E-state index in [1.807, 2.05) is 24.4 Å². The number of aromatic nitrogens is 2. The monoisotopic (exact) mass is 181 g/mol. The Morgan fingerprint density at radius 1 is 1.43 bits per heavy atom. The molecule has 1 aliphatic heterocycles. The van der Waals surface area contributed by atoms with Gasteiger partial charge in [0, 0.05) is 23.5 Å². The molecule has 3 rings (SSSR count). The Hall–Kier alpha value is -2.08. The highest BCUT2D eigenvalue weighted by Crippen LogP contribution is 2.31. The van der Waals surface area contributed by atoms with Gasteiger partial charge < -0.3 is 4.57 Å². The molecule has 0 atom stereocenters. The van der Waals surface area contributed by atoms with Gasteiger partial charge in [0.25, 0.3) is 0 Å². The second-order valence-electron chi connectivity index (χ2n) is 3.32. The van der Waals surface area contributed by atoms with E-state index in [1.54, 1.807) is 6.20 Å². The highest BCUT2D eigenvalue weighted by molar-refractivity contribution is 5.68. The van der Waals surface area contributed by atoms with Gasteiger partial charge in [-0.1, -0.05) is 12.1 Å². The number of imidazole rings is 1. The topological polar surface area (TPSA) is 41.6 Å². The molecule has 0 unspecified atom stereocenters. The number of hydrogen-bond acceptors (Lipinski definition) is 2. The van der Waals surface area contributed by atoms with Crippen LogP contribution in [0.1, 0.15) is 11.1 Å². The second kappa shape index (κ2) is 2.46. The van der Waals surface area contributed by atoms with Gasteiger partial charge in [-0.25, -0.2) is 4.98 Å². The summed E-state index contributed by atoms with van der Waals surface area (Å²) in [6, 6.07) is 7.98. The first-order valence-electron chi connectivity index (χ1n) is 4.43. The van der Waals surface area contributed by atoms with Crippen molar-refractivity contribution in [2.45, 2.75) is 6.54 Å². The molecule has 3 nitrogen and oxygen atoms in total. The maximum Gasteiger partial charge on any atom is 0.140 e. The van der Waals surface area contributed by atoms with Crippen LogP contribution in [0.3, 0.4) is 0 Å². The summed E-state index contributed by atoms with van der Waals surface area (Å²) in [5.74, 6) is 0.970. The van der Waals surface area contributed by atoms with E-state index in [1.165, 1.54) is 0 Å². The van der Waals surface area contributed by atoms with Gasteiger partial charge in [-0.15, -0.1) is 0 Å². The van der Waals surface area contributed by atoms with Crippen LogP contribution in [0.2, 0.25) is 0 Å². The molecular weight excluding hydrogens is 174 g/mol. The molecule has 0 amide bonds. The van der Waals surface area contributed by atoms with E-state index in [9.17, 15) is 0 Å². The number of nitrogens with zero attached hydrogens (tertiary/aromatic N) is 3. The normalized spacial score (nSPS) is 11.9. The molecule has 0 fully saturated rings. The molecule has 2 aromatic rings. The van der Waals surface area contributed by atoms with Crippen molar-refractivity contribution in [1.29, 1.82) is 5.26 Å². The zero-order valence-electron chi connectivity index (χ0n) is 7.44. The Kier molecular flexibility index (Phi) is 1.29. The highest BCUT2D eigenvalue weighted by Gasteiger charge is 2.20. The fraction of sp³-hybridized carbons (Fsp3) is 0.0909. The van der Waals surface area contributed by atoms with E-state index < -0.39 is 0 Å². The minimum Gasteiger partial charge on any atom is -0.326 e. The van der Waals surface area contributed by atoms with Crippen molar-refractivity contribution in [2.24, 2.45) is 0 Å². The van der Waals surface area contributed by atoms with Crippen molar-refractivity contribution in [3.8, 4) is 17.5 Å². The van der Waals surface area contributed by atoms with Crippen molar-refractivity contribution in [3.05, 3.63) is 41.7 Å². The van der Waals surface area contributed by atoms with Crippen molar-refractivity contribution in [2.75, 3.05) is 0 Å². The summed E-state index contributed by atoms with van der Waals surface area (Å²) in [6.07, 6.45) is 3.73. The molecule has 0 radical (unpaired) electrons. The Morgan fingerprint density at radius 2 is 2.36 bits per heavy atom. The van der Waals surface area contributed by atoms with Crippen LogP contribution in [0.15, 0.2) is 30.6 Å². The molecule has 0 N–H and O–H groups in total. The standard InChI is InChI=1S/C11H7N3/c12-6-8-2-1-3-9-10(8)7-14-5-4-13-11(9)14/h1-5H,7H2. The van der Waals surface area contributed by atoms with Gasteiger partial charge in [-0.3, -0.25) is 0 Å².